The molecule has 1 atom stereocenters. The maximum Gasteiger partial charge on any atom is 0.406 e. The summed E-state index contributed by atoms with van der Waals surface area (Å²) in [4.78, 5) is 14.0. The Kier molecular flexibility index (Phi) is 10.2. The maximum absolute atomic E-state index is 13.6. The van der Waals surface area contributed by atoms with E-state index in [9.17, 15) is 23.1 Å². The molecule has 0 spiro atoms. The van der Waals surface area contributed by atoms with E-state index >= 15 is 0 Å². The predicted octanol–water partition coefficient (Wildman–Crippen LogP) is 3.26. The van der Waals surface area contributed by atoms with Gasteiger partial charge in [0.05, 0.1) is 43.3 Å². The van der Waals surface area contributed by atoms with Gasteiger partial charge in [-0.1, -0.05) is 12.0 Å². The molecule has 0 saturated carbocycles. The zero-order valence-electron chi connectivity index (χ0n) is 23.6. The van der Waals surface area contributed by atoms with Crippen LogP contribution in [0, 0.1) is 11.8 Å². The number of hydrogen-bond acceptors (Lipinski definition) is 7. The standard InChI is InChI=1S/C30H36F3N5O4/c1-34-29(41)20-8-9-26(28(15-20)42-2)35-12-4-5-22-16-24-25(6-3-7-27(24)38(22)19-30(31,32)33)36-21-10-13-37(14-11-21)17-23(40)18-39/h3,6-9,15-16,21,23,35-36,39-40H,10-14,17-19H2,1-2H3,(H,34,41). The van der Waals surface area contributed by atoms with Crippen molar-refractivity contribution in [3.8, 4) is 17.6 Å². The lowest BCUT2D eigenvalue weighted by Crippen LogP contribution is -2.43. The van der Waals surface area contributed by atoms with Crippen LogP contribution in [0.4, 0.5) is 24.5 Å². The summed E-state index contributed by atoms with van der Waals surface area (Å²) in [6.07, 6.45) is -3.62. The topological polar surface area (TPSA) is 111 Å². The second kappa shape index (κ2) is 13.8. The molecule has 0 aliphatic carbocycles. The van der Waals surface area contributed by atoms with Gasteiger partial charge < -0.3 is 40.4 Å². The number of carbonyl (C=O) groups is 1. The van der Waals surface area contributed by atoms with Crippen molar-refractivity contribution in [3.05, 3.63) is 53.7 Å². The molecule has 5 N–H and O–H groups in total. The summed E-state index contributed by atoms with van der Waals surface area (Å²) in [5.41, 5.74) is 2.44. The van der Waals surface area contributed by atoms with Crippen LogP contribution in [0.25, 0.3) is 10.9 Å². The lowest BCUT2D eigenvalue weighted by Gasteiger charge is -2.33. The monoisotopic (exact) mass is 587 g/mol. The predicted molar refractivity (Wildman–Crippen MR) is 156 cm³/mol. The zero-order chi connectivity index (χ0) is 30.3. The van der Waals surface area contributed by atoms with Crippen LogP contribution in [0.15, 0.2) is 42.5 Å². The fourth-order valence-electron chi connectivity index (χ4n) is 5.10. The number of alkyl halides is 3. The Morgan fingerprint density at radius 3 is 2.60 bits per heavy atom. The molecule has 42 heavy (non-hydrogen) atoms. The molecule has 9 nitrogen and oxygen atoms in total. The molecule has 4 rings (SSSR count). The van der Waals surface area contributed by atoms with Gasteiger partial charge in [-0.25, -0.2) is 0 Å². The number of aliphatic hydroxyl groups excluding tert-OH is 2. The zero-order valence-corrected chi connectivity index (χ0v) is 23.6. The number of nitrogens with zero attached hydrogens (tertiary/aromatic N) is 2. The van der Waals surface area contributed by atoms with E-state index in [-0.39, 0.29) is 30.8 Å². The number of rotatable bonds is 10. The normalized spacial score (nSPS) is 15.1. The maximum atomic E-state index is 13.6. The Morgan fingerprint density at radius 2 is 1.93 bits per heavy atom. The van der Waals surface area contributed by atoms with Gasteiger partial charge in [0.1, 0.15) is 12.3 Å². The van der Waals surface area contributed by atoms with Crippen LogP contribution in [0.1, 0.15) is 28.9 Å². The van der Waals surface area contributed by atoms with E-state index in [1.807, 2.05) is 6.07 Å². The number of nitrogens with one attached hydrogen (secondary N) is 3. The first-order valence-electron chi connectivity index (χ1n) is 13.7. The summed E-state index contributed by atoms with van der Waals surface area (Å²) in [5.74, 6) is 6.00. The molecule has 1 unspecified atom stereocenters. The van der Waals surface area contributed by atoms with Gasteiger partial charge in [-0.3, -0.25) is 4.79 Å². The van der Waals surface area contributed by atoms with Crippen molar-refractivity contribution < 1.29 is 32.9 Å². The lowest BCUT2D eigenvalue weighted by atomic mass is 10.0. The van der Waals surface area contributed by atoms with E-state index in [1.165, 1.54) is 18.7 Å². The van der Waals surface area contributed by atoms with Gasteiger partial charge in [0, 0.05) is 49.4 Å². The molecule has 12 heteroatoms. The Balaban J connectivity index is 1.52. The minimum atomic E-state index is -4.43. The van der Waals surface area contributed by atoms with E-state index in [4.69, 9.17) is 9.84 Å². The third-order valence-electron chi connectivity index (χ3n) is 7.18. The number of piperidine rings is 1. The number of β-amino-alcohol motifs (C(OH)–C–C–N with tert-alkyl or cyclic N) is 1. The number of amides is 1. The number of aromatic nitrogens is 1. The Bertz CT molecular complexity index is 1440. The SMILES string of the molecule is CNC(=O)c1ccc(NCC#Cc2cc3c(NC4CCN(CC(O)CO)CC4)cccc3n2CC(F)(F)F)c(OC)c1. The highest BCUT2D eigenvalue weighted by atomic mass is 19.4. The number of ether oxygens (including phenoxy) is 1. The van der Waals surface area contributed by atoms with Gasteiger partial charge in [0.15, 0.2) is 0 Å². The van der Waals surface area contributed by atoms with Crippen LogP contribution in [0.5, 0.6) is 5.75 Å². The van der Waals surface area contributed by atoms with E-state index in [1.54, 1.807) is 36.4 Å². The van der Waals surface area contributed by atoms with E-state index in [2.05, 4.69) is 32.7 Å². The molecule has 1 saturated heterocycles. The van der Waals surface area contributed by atoms with Crippen molar-refractivity contribution >= 4 is 28.2 Å². The van der Waals surface area contributed by atoms with Gasteiger partial charge in [0.25, 0.3) is 5.91 Å². The number of benzene rings is 2. The van der Waals surface area contributed by atoms with Gasteiger partial charge in [-0.15, -0.1) is 0 Å². The molecule has 0 radical (unpaired) electrons. The summed E-state index contributed by atoms with van der Waals surface area (Å²) in [6.45, 7) is 0.572. The number of carbonyl (C=O) groups excluding carboxylic acids is 1. The van der Waals surface area contributed by atoms with Crippen molar-refractivity contribution in [3.63, 3.8) is 0 Å². The molecule has 2 aromatic carbocycles. The quantitative estimate of drug-likeness (QED) is 0.232. The highest BCUT2D eigenvalue weighted by molar-refractivity contribution is 5.95. The average Bonchev–Trinajstić information content (AvgIpc) is 3.32. The third kappa shape index (κ3) is 7.88. The molecule has 1 aliphatic rings. The summed E-state index contributed by atoms with van der Waals surface area (Å²) in [7, 11) is 3.01. The molecule has 1 aliphatic heterocycles. The van der Waals surface area contributed by atoms with Crippen molar-refractivity contribution in [2.24, 2.45) is 0 Å². The Hall–Kier alpha value is -3.92. The van der Waals surface area contributed by atoms with Crippen LogP contribution < -0.4 is 20.7 Å². The van der Waals surface area contributed by atoms with Crippen LogP contribution >= 0.6 is 0 Å². The number of likely N-dealkylation sites (tertiary alicyclic amines) is 1. The van der Waals surface area contributed by atoms with E-state index in [0.29, 0.717) is 34.4 Å². The van der Waals surface area contributed by atoms with Gasteiger partial charge in [-0.2, -0.15) is 13.2 Å². The van der Waals surface area contributed by atoms with Crippen molar-refractivity contribution in [2.45, 2.75) is 37.7 Å². The van der Waals surface area contributed by atoms with Crippen LogP contribution in [-0.4, -0.2) is 90.9 Å². The lowest BCUT2D eigenvalue weighted by molar-refractivity contribution is -0.140. The summed E-state index contributed by atoms with van der Waals surface area (Å²) >= 11 is 0. The number of halogens is 3. The molecule has 3 aromatic rings. The molecule has 226 valence electrons. The minimum absolute atomic E-state index is 0.118. The summed E-state index contributed by atoms with van der Waals surface area (Å²) in [5, 5.41) is 28.6. The number of fused-ring (bicyclic) bond motifs is 1. The first kappa shape index (κ1) is 31.0. The summed E-state index contributed by atoms with van der Waals surface area (Å²) < 4.78 is 47.3. The first-order chi connectivity index (χ1) is 20.1. The van der Waals surface area contributed by atoms with Crippen molar-refractivity contribution in [2.75, 3.05) is 57.6 Å². The smallest absolute Gasteiger partial charge is 0.406 e. The van der Waals surface area contributed by atoms with E-state index < -0.39 is 18.8 Å². The van der Waals surface area contributed by atoms with Gasteiger partial charge in [-0.05, 0) is 55.2 Å². The van der Waals surface area contributed by atoms with Crippen molar-refractivity contribution in [1.29, 1.82) is 0 Å². The number of hydrogen-bond donors (Lipinski definition) is 5. The van der Waals surface area contributed by atoms with Gasteiger partial charge in [0.2, 0.25) is 0 Å². The van der Waals surface area contributed by atoms with Crippen LogP contribution in [0.3, 0.4) is 0 Å². The Morgan fingerprint density at radius 1 is 1.17 bits per heavy atom. The second-order valence-electron chi connectivity index (χ2n) is 10.2. The van der Waals surface area contributed by atoms with Crippen molar-refractivity contribution in [1.82, 2.24) is 14.8 Å². The molecule has 1 amide bonds. The number of methoxy groups -OCH3 is 1. The molecule has 2 heterocycles. The highest BCUT2D eigenvalue weighted by Crippen LogP contribution is 2.31. The second-order valence-corrected chi connectivity index (χ2v) is 10.2. The van der Waals surface area contributed by atoms with Crippen LogP contribution in [0.2, 0.25) is 0 Å². The number of anilines is 2. The molecule has 1 aromatic heterocycles. The largest absolute Gasteiger partial charge is 0.495 e. The Labute approximate surface area is 242 Å². The fourth-order valence-corrected chi connectivity index (χ4v) is 5.10. The van der Waals surface area contributed by atoms with E-state index in [0.717, 1.165) is 31.6 Å². The number of aliphatic hydroxyl groups is 2. The van der Waals surface area contributed by atoms with Gasteiger partial charge >= 0.3 is 6.18 Å². The molecule has 0 bridgehead atoms. The first-order valence-corrected chi connectivity index (χ1v) is 13.7. The molecule has 1 fully saturated rings. The fraction of sp³-hybridized carbons (Fsp3) is 0.433. The summed E-state index contributed by atoms with van der Waals surface area (Å²) in [6, 6.07) is 12.0. The minimum Gasteiger partial charge on any atom is -0.495 e. The third-order valence-corrected chi connectivity index (χ3v) is 7.18. The van der Waals surface area contributed by atoms with Crippen LogP contribution in [-0.2, 0) is 6.54 Å². The molecular weight excluding hydrogens is 551 g/mol. The highest BCUT2D eigenvalue weighted by Gasteiger charge is 2.30. The molecular formula is C30H36F3N5O4. The average molecular weight is 588 g/mol.